The molecule has 0 aliphatic rings. The van der Waals surface area contributed by atoms with E-state index < -0.39 is 23.7 Å². The van der Waals surface area contributed by atoms with Gasteiger partial charge in [0.2, 0.25) is 5.79 Å². The molecule has 31 heavy (non-hydrogen) atoms. The summed E-state index contributed by atoms with van der Waals surface area (Å²) in [5.41, 5.74) is 3.07. The van der Waals surface area contributed by atoms with Crippen molar-refractivity contribution in [3.8, 4) is 0 Å². The Morgan fingerprint density at radius 1 is 0.452 bits per heavy atom. The molecule has 1 unspecified atom stereocenters. The van der Waals surface area contributed by atoms with E-state index in [1.54, 1.807) is 0 Å². The van der Waals surface area contributed by atoms with Crippen molar-refractivity contribution >= 4 is 0 Å². The first-order valence-electron chi connectivity index (χ1n) is 10.4. The van der Waals surface area contributed by atoms with Crippen LogP contribution in [0.3, 0.4) is 0 Å². The molecule has 4 aromatic carbocycles. The third-order valence-electron chi connectivity index (χ3n) is 5.76. The Bertz CT molecular complexity index is 985. The average molecular weight is 411 g/mol. The zero-order valence-corrected chi connectivity index (χ0v) is 17.1. The summed E-state index contributed by atoms with van der Waals surface area (Å²) < 4.78 is 0. The fraction of sp³-hybridized carbons (Fsp3) is 0.143. The molecule has 0 spiro atoms. The van der Waals surface area contributed by atoms with E-state index in [-0.39, 0.29) is 0 Å². The summed E-state index contributed by atoms with van der Waals surface area (Å²) in [4.78, 5) is 0. The Morgan fingerprint density at radius 3 is 1.06 bits per heavy atom. The van der Waals surface area contributed by atoms with Crippen LogP contribution in [0.2, 0.25) is 0 Å². The summed E-state index contributed by atoms with van der Waals surface area (Å²) in [6.07, 6.45) is -1.48. The number of aliphatic hydroxyl groups is 3. The Morgan fingerprint density at radius 2 is 0.742 bits per heavy atom. The molecule has 0 aromatic heterocycles. The number of hydrogen-bond donors (Lipinski definition) is 3. The molecule has 0 bridgehead atoms. The van der Waals surface area contributed by atoms with Crippen molar-refractivity contribution in [2.45, 2.75) is 23.7 Å². The lowest BCUT2D eigenvalue weighted by molar-refractivity contribution is -0.236. The van der Waals surface area contributed by atoms with Crippen LogP contribution in [0, 0.1) is 0 Å². The van der Waals surface area contributed by atoms with E-state index in [4.69, 9.17) is 0 Å². The molecule has 3 nitrogen and oxygen atoms in total. The summed E-state index contributed by atoms with van der Waals surface area (Å²) in [7, 11) is 0. The molecule has 3 N–H and O–H groups in total. The second kappa shape index (κ2) is 9.27. The van der Waals surface area contributed by atoms with Crippen molar-refractivity contribution < 1.29 is 15.3 Å². The van der Waals surface area contributed by atoms with Crippen LogP contribution in [0.25, 0.3) is 0 Å². The number of aliphatic hydroxyl groups excluding tert-OH is 1. The molecule has 4 aromatic rings. The first-order valence-corrected chi connectivity index (χ1v) is 10.4. The highest BCUT2D eigenvalue weighted by Gasteiger charge is 2.47. The molecule has 0 saturated carbocycles. The maximum atomic E-state index is 11.5. The number of benzene rings is 4. The van der Waals surface area contributed by atoms with Gasteiger partial charge in [0.05, 0.1) is 5.92 Å². The summed E-state index contributed by atoms with van der Waals surface area (Å²) in [6.45, 7) is 0. The molecule has 0 amide bonds. The van der Waals surface area contributed by atoms with Gasteiger partial charge in [-0.15, -0.1) is 0 Å². The van der Waals surface area contributed by atoms with Gasteiger partial charge in [-0.3, -0.25) is 0 Å². The van der Waals surface area contributed by atoms with Crippen LogP contribution >= 0.6 is 0 Å². The van der Waals surface area contributed by atoms with Crippen molar-refractivity contribution in [2.24, 2.45) is 0 Å². The molecule has 0 heterocycles. The van der Waals surface area contributed by atoms with Gasteiger partial charge in [0, 0.05) is 5.92 Å². The molecule has 0 aliphatic carbocycles. The third-order valence-corrected chi connectivity index (χ3v) is 5.76. The molecule has 156 valence electrons. The molecule has 0 radical (unpaired) electrons. The van der Waals surface area contributed by atoms with Crippen LogP contribution in [0.1, 0.15) is 34.1 Å². The molecule has 3 heteroatoms. The summed E-state index contributed by atoms with van der Waals surface area (Å²) in [5.74, 6) is -3.88. The Kier molecular flexibility index (Phi) is 6.28. The fourth-order valence-corrected chi connectivity index (χ4v) is 4.27. The lowest BCUT2D eigenvalue weighted by Crippen LogP contribution is -2.51. The van der Waals surface area contributed by atoms with Crippen molar-refractivity contribution in [3.63, 3.8) is 0 Å². The maximum absolute atomic E-state index is 11.5. The van der Waals surface area contributed by atoms with Gasteiger partial charge in [-0.25, -0.2) is 0 Å². The monoisotopic (exact) mass is 410 g/mol. The van der Waals surface area contributed by atoms with Crippen molar-refractivity contribution in [1.29, 1.82) is 0 Å². The van der Waals surface area contributed by atoms with Crippen LogP contribution in [-0.2, 0) is 0 Å². The Labute approximate surface area is 182 Å². The van der Waals surface area contributed by atoms with E-state index in [0.717, 1.165) is 22.3 Å². The standard InChI is InChI=1S/C28H26O3/c29-27(25(21-13-5-1-6-14-21)22-15-7-2-8-16-22)28(30,31)26(23-17-9-3-10-18-23)24-19-11-4-12-20-24/h1-20,25-27,29-31H. The predicted octanol–water partition coefficient (Wildman–Crippen LogP) is 4.69. The largest absolute Gasteiger partial charge is 0.386 e. The topological polar surface area (TPSA) is 60.7 Å². The second-order valence-electron chi connectivity index (χ2n) is 7.78. The maximum Gasteiger partial charge on any atom is 0.201 e. The van der Waals surface area contributed by atoms with Crippen molar-refractivity contribution in [1.82, 2.24) is 0 Å². The average Bonchev–Trinajstić information content (AvgIpc) is 2.82. The quantitative estimate of drug-likeness (QED) is 0.387. The normalized spacial score (nSPS) is 12.8. The molecule has 1 atom stereocenters. The zero-order valence-electron chi connectivity index (χ0n) is 17.1. The lowest BCUT2D eigenvalue weighted by atomic mass is 9.75. The smallest absolute Gasteiger partial charge is 0.201 e. The van der Waals surface area contributed by atoms with Crippen molar-refractivity contribution in [2.75, 3.05) is 0 Å². The highest BCUT2D eigenvalue weighted by Crippen LogP contribution is 2.41. The minimum atomic E-state index is -2.43. The van der Waals surface area contributed by atoms with Crippen molar-refractivity contribution in [3.05, 3.63) is 144 Å². The van der Waals surface area contributed by atoms with Gasteiger partial charge < -0.3 is 15.3 Å². The molecule has 4 rings (SSSR count). The highest BCUT2D eigenvalue weighted by molar-refractivity contribution is 5.39. The van der Waals surface area contributed by atoms with E-state index in [9.17, 15) is 15.3 Å². The summed E-state index contributed by atoms with van der Waals surface area (Å²) in [5, 5.41) is 34.6. The second-order valence-corrected chi connectivity index (χ2v) is 7.78. The Hall–Kier alpha value is -3.24. The summed E-state index contributed by atoms with van der Waals surface area (Å²) >= 11 is 0. The number of hydrogen-bond acceptors (Lipinski definition) is 3. The first kappa shape index (κ1) is 21.0. The number of rotatable bonds is 7. The summed E-state index contributed by atoms with van der Waals surface area (Å²) in [6, 6.07) is 37.6. The van der Waals surface area contributed by atoms with Crippen LogP contribution in [0.15, 0.2) is 121 Å². The minimum absolute atomic E-state index is 0.618. The van der Waals surface area contributed by atoms with Gasteiger partial charge in [0.25, 0.3) is 0 Å². The minimum Gasteiger partial charge on any atom is -0.386 e. The van der Waals surface area contributed by atoms with Crippen LogP contribution < -0.4 is 0 Å². The fourth-order valence-electron chi connectivity index (χ4n) is 4.27. The van der Waals surface area contributed by atoms with Gasteiger partial charge in [0.1, 0.15) is 6.10 Å². The molecule has 0 fully saturated rings. The first-order chi connectivity index (χ1) is 15.1. The van der Waals surface area contributed by atoms with Gasteiger partial charge in [-0.1, -0.05) is 121 Å². The predicted molar refractivity (Wildman–Crippen MR) is 123 cm³/mol. The van der Waals surface area contributed by atoms with E-state index >= 15 is 0 Å². The third kappa shape index (κ3) is 4.44. The van der Waals surface area contributed by atoms with Gasteiger partial charge in [-0.05, 0) is 22.3 Å². The van der Waals surface area contributed by atoms with Gasteiger partial charge in [0.15, 0.2) is 0 Å². The van der Waals surface area contributed by atoms with E-state index in [0.29, 0.717) is 0 Å². The van der Waals surface area contributed by atoms with Gasteiger partial charge in [-0.2, -0.15) is 0 Å². The van der Waals surface area contributed by atoms with Crippen LogP contribution in [0.4, 0.5) is 0 Å². The van der Waals surface area contributed by atoms with Crippen LogP contribution in [-0.4, -0.2) is 27.2 Å². The molecular formula is C28H26O3. The molecule has 0 aliphatic heterocycles. The van der Waals surface area contributed by atoms with Crippen LogP contribution in [0.5, 0.6) is 0 Å². The SMILES string of the molecule is OC(C(c1ccccc1)c1ccccc1)C(O)(O)C(c1ccccc1)c1ccccc1. The zero-order chi connectivity index (χ0) is 21.7. The van der Waals surface area contributed by atoms with E-state index in [2.05, 4.69) is 0 Å². The van der Waals surface area contributed by atoms with Gasteiger partial charge >= 0.3 is 0 Å². The lowest BCUT2D eigenvalue weighted by Gasteiger charge is -2.39. The Balaban J connectivity index is 1.83. The molecule has 0 saturated heterocycles. The van der Waals surface area contributed by atoms with E-state index in [1.165, 1.54) is 0 Å². The highest BCUT2D eigenvalue weighted by atomic mass is 16.5. The van der Waals surface area contributed by atoms with E-state index in [1.807, 2.05) is 121 Å². The molecular weight excluding hydrogens is 384 g/mol.